The van der Waals surface area contributed by atoms with Gasteiger partial charge in [0.15, 0.2) is 0 Å². The monoisotopic (exact) mass is 175 g/mol. The first-order valence-corrected chi connectivity index (χ1v) is 6.53. The summed E-state index contributed by atoms with van der Waals surface area (Å²) in [5.41, 5.74) is 0.870. The first-order chi connectivity index (χ1) is 4.88. The first-order valence-electron chi connectivity index (χ1n) is 4.23. The third kappa shape index (κ3) is 3.28. The molecule has 1 rings (SSSR count). The number of hydrogen-bond acceptors (Lipinski definition) is 0. The quantitative estimate of drug-likeness (QED) is 0.578. The molecule has 0 heterocycles. The van der Waals surface area contributed by atoms with Crippen molar-refractivity contribution in [2.75, 3.05) is 0 Å². The summed E-state index contributed by atoms with van der Waals surface area (Å²) in [4.78, 5) is 0. The molecule has 11 heavy (non-hydrogen) atoms. The maximum atomic E-state index is 2.36. The van der Waals surface area contributed by atoms with E-state index in [0.717, 1.165) is 5.54 Å². The van der Waals surface area contributed by atoms with Crippen LogP contribution in [0.1, 0.15) is 13.8 Å². The van der Waals surface area contributed by atoms with Crippen LogP contribution in [0.5, 0.6) is 0 Å². The Bertz CT molecular complexity index is 136. The summed E-state index contributed by atoms with van der Waals surface area (Å²) in [6.45, 7) is 4.67. The summed E-state index contributed by atoms with van der Waals surface area (Å²) in [6, 6.07) is 2.88. The Morgan fingerprint density at radius 3 is 1.91 bits per heavy atom. The van der Waals surface area contributed by atoms with E-state index in [9.17, 15) is 0 Å². The molecule has 57 valence electrons. The van der Waals surface area contributed by atoms with Crippen LogP contribution < -0.4 is 0 Å². The Balaban J connectivity index is 0.000001000. The van der Waals surface area contributed by atoms with Crippen molar-refractivity contribution in [1.82, 2.24) is 0 Å². The molecular formula is C9H16NaSi. The molecule has 0 aliphatic heterocycles. The molecule has 0 amide bonds. The van der Waals surface area contributed by atoms with E-state index in [1.807, 2.05) is 0 Å². The maximum Gasteiger partial charge on any atom is 0.0483 e. The van der Waals surface area contributed by atoms with Gasteiger partial charge >= 0.3 is 0 Å². The smallest absolute Gasteiger partial charge is 0.0483 e. The van der Waals surface area contributed by atoms with E-state index in [1.54, 1.807) is 0 Å². The van der Waals surface area contributed by atoms with E-state index >= 15 is 0 Å². The van der Waals surface area contributed by atoms with Crippen molar-refractivity contribution >= 4 is 38.4 Å². The van der Waals surface area contributed by atoms with Gasteiger partial charge in [-0.05, 0) is 5.54 Å². The van der Waals surface area contributed by atoms with Crippen LogP contribution in [0.3, 0.4) is 0 Å². The van der Waals surface area contributed by atoms with E-state index in [4.69, 9.17) is 0 Å². The van der Waals surface area contributed by atoms with Crippen molar-refractivity contribution in [2.45, 2.75) is 31.5 Å². The topological polar surface area (TPSA) is 0 Å². The molecule has 0 fully saturated rings. The van der Waals surface area contributed by atoms with Crippen LogP contribution in [0.2, 0.25) is 17.6 Å². The largest absolute Gasteiger partial charge is 0.0807 e. The van der Waals surface area contributed by atoms with Gasteiger partial charge in [0.05, 0.1) is 0 Å². The van der Waals surface area contributed by atoms with Crippen LogP contribution in [-0.4, -0.2) is 38.4 Å². The van der Waals surface area contributed by atoms with Crippen LogP contribution in [0.25, 0.3) is 0 Å². The zero-order chi connectivity index (χ0) is 7.40. The third-order valence-corrected chi connectivity index (χ3v) is 6.00. The van der Waals surface area contributed by atoms with Gasteiger partial charge in [0.25, 0.3) is 0 Å². The van der Waals surface area contributed by atoms with E-state index in [0.29, 0.717) is 0 Å². The van der Waals surface area contributed by atoms with Gasteiger partial charge in [-0.2, -0.15) is 0 Å². The summed E-state index contributed by atoms with van der Waals surface area (Å²) >= 11 is 0. The van der Waals surface area contributed by atoms with Crippen molar-refractivity contribution in [1.29, 1.82) is 0 Å². The summed E-state index contributed by atoms with van der Waals surface area (Å²) in [5.74, 6) is 0. The number of rotatable bonds is 3. The van der Waals surface area contributed by atoms with Crippen LogP contribution in [0.4, 0.5) is 0 Å². The molecule has 0 spiro atoms. The SMILES string of the molecule is CC[SiH](CC)C1C=CC=C1.[Na]. The van der Waals surface area contributed by atoms with Gasteiger partial charge in [0.2, 0.25) is 0 Å². The van der Waals surface area contributed by atoms with E-state index in [2.05, 4.69) is 38.2 Å². The fraction of sp³-hybridized carbons (Fsp3) is 0.556. The normalized spacial score (nSPS) is 15.9. The van der Waals surface area contributed by atoms with Crippen LogP contribution >= 0.6 is 0 Å². The Morgan fingerprint density at radius 1 is 1.09 bits per heavy atom. The molecule has 1 aliphatic rings. The van der Waals surface area contributed by atoms with Gasteiger partial charge in [-0.15, -0.1) is 0 Å². The molecule has 0 aromatic rings. The molecule has 0 saturated heterocycles. The second kappa shape index (κ2) is 6.24. The second-order valence-corrected chi connectivity index (χ2v) is 6.85. The Kier molecular flexibility index (Phi) is 6.63. The third-order valence-electron chi connectivity index (χ3n) is 2.37. The van der Waals surface area contributed by atoms with E-state index in [-0.39, 0.29) is 29.6 Å². The van der Waals surface area contributed by atoms with Crippen molar-refractivity contribution in [3.63, 3.8) is 0 Å². The average molecular weight is 175 g/mol. The standard InChI is InChI=1S/C9H16Si.Na/c1-3-10(4-2)9-7-5-6-8-9;/h5-10H,3-4H2,1-2H3;. The molecule has 0 nitrogen and oxygen atoms in total. The maximum absolute atomic E-state index is 2.36. The molecule has 0 N–H and O–H groups in total. The average Bonchev–Trinajstić information content (AvgIpc) is 2.43. The molecule has 1 aliphatic carbocycles. The van der Waals surface area contributed by atoms with E-state index < -0.39 is 8.80 Å². The Morgan fingerprint density at radius 2 is 1.55 bits per heavy atom. The molecule has 1 radical (unpaired) electrons. The predicted molar refractivity (Wildman–Crippen MR) is 55.9 cm³/mol. The fourth-order valence-electron chi connectivity index (χ4n) is 1.60. The van der Waals surface area contributed by atoms with E-state index in [1.165, 1.54) is 12.1 Å². The van der Waals surface area contributed by atoms with Gasteiger partial charge in [0, 0.05) is 38.4 Å². The van der Waals surface area contributed by atoms with Crippen molar-refractivity contribution in [2.24, 2.45) is 0 Å². The molecule has 0 bridgehead atoms. The van der Waals surface area contributed by atoms with Crippen molar-refractivity contribution in [3.05, 3.63) is 24.3 Å². The van der Waals surface area contributed by atoms with Crippen LogP contribution in [0.15, 0.2) is 24.3 Å². The van der Waals surface area contributed by atoms with Gasteiger partial charge < -0.3 is 0 Å². The molecular weight excluding hydrogens is 159 g/mol. The Hall–Kier alpha value is 0.697. The molecule has 0 unspecified atom stereocenters. The summed E-state index contributed by atoms with van der Waals surface area (Å²) < 4.78 is 0. The number of allylic oxidation sites excluding steroid dienone is 4. The predicted octanol–water partition coefficient (Wildman–Crippen LogP) is 2.37. The second-order valence-electron chi connectivity index (χ2n) is 2.92. The van der Waals surface area contributed by atoms with Gasteiger partial charge in [-0.3, -0.25) is 0 Å². The van der Waals surface area contributed by atoms with Gasteiger partial charge in [-0.1, -0.05) is 50.2 Å². The van der Waals surface area contributed by atoms with Crippen LogP contribution in [0, 0.1) is 0 Å². The molecule has 0 aromatic heterocycles. The zero-order valence-electron chi connectivity index (χ0n) is 7.88. The minimum atomic E-state index is -0.418. The summed E-state index contributed by atoms with van der Waals surface area (Å²) in [5, 5.41) is 0. The van der Waals surface area contributed by atoms with Gasteiger partial charge in [-0.25, -0.2) is 0 Å². The van der Waals surface area contributed by atoms with Gasteiger partial charge in [0.1, 0.15) is 0 Å². The molecule has 0 atom stereocenters. The van der Waals surface area contributed by atoms with Crippen LogP contribution in [-0.2, 0) is 0 Å². The molecule has 0 saturated carbocycles. The molecule has 0 aromatic carbocycles. The van der Waals surface area contributed by atoms with Crippen molar-refractivity contribution in [3.8, 4) is 0 Å². The van der Waals surface area contributed by atoms with Crippen molar-refractivity contribution < 1.29 is 0 Å². The first kappa shape index (κ1) is 11.7. The summed E-state index contributed by atoms with van der Waals surface area (Å²) in [7, 11) is -0.418. The minimum absolute atomic E-state index is 0. The summed E-state index contributed by atoms with van der Waals surface area (Å²) in [6.07, 6.45) is 9.11. The fourth-order valence-corrected chi connectivity index (χ4v) is 4.15. The number of hydrogen-bond donors (Lipinski definition) is 0. The Labute approximate surface area is 93.7 Å². The molecule has 2 heteroatoms. The zero-order valence-corrected chi connectivity index (χ0v) is 11.0. The minimum Gasteiger partial charge on any atom is -0.0807 e.